The summed E-state index contributed by atoms with van der Waals surface area (Å²) in [6.07, 6.45) is 4.28. The lowest BCUT2D eigenvalue weighted by atomic mass is 10.1. The average molecular weight is 204 g/mol. The molecule has 0 saturated carbocycles. The SMILES string of the molecule is CCc1ccc(-n2ccnc2C)c(F)c1. The zero-order valence-corrected chi connectivity index (χ0v) is 8.87. The molecule has 0 N–H and O–H groups in total. The first-order valence-electron chi connectivity index (χ1n) is 5.01. The Morgan fingerprint density at radius 3 is 2.73 bits per heavy atom. The van der Waals surface area contributed by atoms with Crippen LogP contribution in [-0.2, 0) is 6.42 Å². The van der Waals surface area contributed by atoms with Crippen LogP contribution in [0.4, 0.5) is 4.39 Å². The Kier molecular flexibility index (Phi) is 2.54. The van der Waals surface area contributed by atoms with Crippen molar-refractivity contribution in [1.82, 2.24) is 9.55 Å². The van der Waals surface area contributed by atoms with Gasteiger partial charge in [-0.3, -0.25) is 0 Å². The third-order valence-corrected chi connectivity index (χ3v) is 2.51. The van der Waals surface area contributed by atoms with Crippen LogP contribution in [0.15, 0.2) is 30.6 Å². The van der Waals surface area contributed by atoms with Crippen molar-refractivity contribution in [3.8, 4) is 5.69 Å². The van der Waals surface area contributed by atoms with Gasteiger partial charge in [0.15, 0.2) is 0 Å². The number of halogens is 1. The first kappa shape index (κ1) is 9.90. The molecule has 0 atom stereocenters. The van der Waals surface area contributed by atoms with Crippen LogP contribution in [0.3, 0.4) is 0 Å². The molecule has 0 aliphatic rings. The van der Waals surface area contributed by atoms with Gasteiger partial charge in [0.2, 0.25) is 0 Å². The highest BCUT2D eigenvalue weighted by atomic mass is 19.1. The Labute approximate surface area is 88.4 Å². The number of hydrogen-bond acceptors (Lipinski definition) is 1. The summed E-state index contributed by atoms with van der Waals surface area (Å²) in [6, 6.07) is 5.31. The van der Waals surface area contributed by atoms with Gasteiger partial charge >= 0.3 is 0 Å². The molecule has 15 heavy (non-hydrogen) atoms. The van der Waals surface area contributed by atoms with Crippen LogP contribution in [0.1, 0.15) is 18.3 Å². The summed E-state index contributed by atoms with van der Waals surface area (Å²) in [4.78, 5) is 4.07. The quantitative estimate of drug-likeness (QED) is 0.735. The van der Waals surface area contributed by atoms with Crippen molar-refractivity contribution in [1.29, 1.82) is 0 Å². The molecule has 0 spiro atoms. The Morgan fingerprint density at radius 2 is 2.20 bits per heavy atom. The molecule has 0 saturated heterocycles. The zero-order valence-electron chi connectivity index (χ0n) is 8.87. The summed E-state index contributed by atoms with van der Waals surface area (Å²) in [6.45, 7) is 3.87. The summed E-state index contributed by atoms with van der Waals surface area (Å²) >= 11 is 0. The molecule has 1 heterocycles. The Hall–Kier alpha value is -1.64. The molecule has 0 unspecified atom stereocenters. The van der Waals surface area contributed by atoms with E-state index in [1.807, 2.05) is 19.9 Å². The van der Waals surface area contributed by atoms with E-state index in [9.17, 15) is 4.39 Å². The number of aromatic nitrogens is 2. The second-order valence-electron chi connectivity index (χ2n) is 3.48. The van der Waals surface area contributed by atoms with Gasteiger partial charge in [0.05, 0.1) is 5.69 Å². The number of benzene rings is 1. The van der Waals surface area contributed by atoms with Crippen molar-refractivity contribution >= 4 is 0 Å². The van der Waals surface area contributed by atoms with E-state index in [1.165, 1.54) is 0 Å². The van der Waals surface area contributed by atoms with E-state index in [0.29, 0.717) is 5.69 Å². The minimum Gasteiger partial charge on any atom is -0.301 e. The van der Waals surface area contributed by atoms with Gasteiger partial charge in [-0.05, 0) is 31.0 Å². The molecule has 2 aromatic rings. The highest BCUT2D eigenvalue weighted by Crippen LogP contribution is 2.16. The molecule has 0 fully saturated rings. The van der Waals surface area contributed by atoms with Crippen molar-refractivity contribution in [2.24, 2.45) is 0 Å². The van der Waals surface area contributed by atoms with E-state index in [-0.39, 0.29) is 5.82 Å². The minimum absolute atomic E-state index is 0.199. The summed E-state index contributed by atoms with van der Waals surface area (Å²) in [5.41, 5.74) is 1.57. The van der Waals surface area contributed by atoms with Gasteiger partial charge in [0.1, 0.15) is 11.6 Å². The number of hydrogen-bond donors (Lipinski definition) is 0. The number of nitrogens with zero attached hydrogens (tertiary/aromatic N) is 2. The summed E-state index contributed by atoms with van der Waals surface area (Å²) in [7, 11) is 0. The van der Waals surface area contributed by atoms with E-state index in [2.05, 4.69) is 4.98 Å². The molecular weight excluding hydrogens is 191 g/mol. The van der Waals surface area contributed by atoms with Gasteiger partial charge in [-0.2, -0.15) is 0 Å². The van der Waals surface area contributed by atoms with Crippen LogP contribution in [0, 0.1) is 12.7 Å². The molecule has 2 nitrogen and oxygen atoms in total. The summed E-state index contributed by atoms with van der Waals surface area (Å²) in [5.74, 6) is 0.591. The van der Waals surface area contributed by atoms with Crippen LogP contribution in [0.2, 0.25) is 0 Å². The van der Waals surface area contributed by atoms with E-state index >= 15 is 0 Å². The second kappa shape index (κ2) is 3.85. The summed E-state index contributed by atoms with van der Waals surface area (Å²) in [5, 5.41) is 0. The number of rotatable bonds is 2. The molecule has 0 bridgehead atoms. The molecule has 3 heteroatoms. The van der Waals surface area contributed by atoms with E-state index < -0.39 is 0 Å². The maximum atomic E-state index is 13.7. The van der Waals surface area contributed by atoms with E-state index in [0.717, 1.165) is 17.8 Å². The highest BCUT2D eigenvalue weighted by Gasteiger charge is 2.06. The second-order valence-corrected chi connectivity index (χ2v) is 3.48. The molecular formula is C12H13FN2. The first-order chi connectivity index (χ1) is 7.22. The third-order valence-electron chi connectivity index (χ3n) is 2.51. The lowest BCUT2D eigenvalue weighted by Crippen LogP contribution is -1.99. The fourth-order valence-electron chi connectivity index (χ4n) is 1.60. The first-order valence-corrected chi connectivity index (χ1v) is 5.01. The van der Waals surface area contributed by atoms with Gasteiger partial charge in [0.25, 0.3) is 0 Å². The Morgan fingerprint density at radius 1 is 1.40 bits per heavy atom. The monoisotopic (exact) mass is 204 g/mol. The zero-order chi connectivity index (χ0) is 10.8. The Bertz CT molecular complexity index is 474. The molecule has 2 rings (SSSR count). The average Bonchev–Trinajstić information content (AvgIpc) is 2.64. The minimum atomic E-state index is -0.199. The molecule has 0 aliphatic carbocycles. The smallest absolute Gasteiger partial charge is 0.147 e. The normalized spacial score (nSPS) is 10.6. The lowest BCUT2D eigenvalue weighted by Gasteiger charge is -2.07. The molecule has 78 valence electrons. The van der Waals surface area contributed by atoms with E-state index in [1.54, 1.807) is 29.1 Å². The van der Waals surface area contributed by atoms with Gasteiger partial charge < -0.3 is 4.57 Å². The van der Waals surface area contributed by atoms with Crippen molar-refractivity contribution in [2.75, 3.05) is 0 Å². The highest BCUT2D eigenvalue weighted by molar-refractivity contribution is 5.37. The topological polar surface area (TPSA) is 17.8 Å². The van der Waals surface area contributed by atoms with Gasteiger partial charge in [0, 0.05) is 12.4 Å². The van der Waals surface area contributed by atoms with Crippen LogP contribution in [-0.4, -0.2) is 9.55 Å². The van der Waals surface area contributed by atoms with Crippen molar-refractivity contribution in [3.63, 3.8) is 0 Å². The van der Waals surface area contributed by atoms with Crippen LogP contribution >= 0.6 is 0 Å². The predicted molar refractivity (Wildman–Crippen MR) is 57.6 cm³/mol. The molecule has 1 aromatic carbocycles. The number of aryl methyl sites for hydroxylation is 2. The third kappa shape index (κ3) is 1.77. The van der Waals surface area contributed by atoms with E-state index in [4.69, 9.17) is 0 Å². The predicted octanol–water partition coefficient (Wildman–Crippen LogP) is 2.88. The standard InChI is InChI=1S/C12H13FN2/c1-3-10-4-5-12(11(13)8-10)15-7-6-14-9(15)2/h4-8H,3H2,1-2H3. The van der Waals surface area contributed by atoms with Crippen LogP contribution in [0.5, 0.6) is 0 Å². The van der Waals surface area contributed by atoms with Crippen molar-refractivity contribution in [2.45, 2.75) is 20.3 Å². The lowest BCUT2D eigenvalue weighted by molar-refractivity contribution is 0.614. The Balaban J connectivity index is 2.50. The molecule has 1 aromatic heterocycles. The maximum absolute atomic E-state index is 13.7. The fraction of sp³-hybridized carbons (Fsp3) is 0.250. The molecule has 0 amide bonds. The fourth-order valence-corrected chi connectivity index (χ4v) is 1.60. The van der Waals surface area contributed by atoms with Crippen LogP contribution in [0.25, 0.3) is 5.69 Å². The molecule has 0 radical (unpaired) electrons. The van der Waals surface area contributed by atoms with Gasteiger partial charge in [-0.15, -0.1) is 0 Å². The van der Waals surface area contributed by atoms with Gasteiger partial charge in [-0.1, -0.05) is 13.0 Å². The maximum Gasteiger partial charge on any atom is 0.147 e. The summed E-state index contributed by atoms with van der Waals surface area (Å²) < 4.78 is 15.5. The van der Waals surface area contributed by atoms with Gasteiger partial charge in [-0.25, -0.2) is 9.37 Å². The molecule has 0 aliphatic heterocycles. The largest absolute Gasteiger partial charge is 0.301 e. The van der Waals surface area contributed by atoms with Crippen molar-refractivity contribution in [3.05, 3.63) is 47.8 Å². The van der Waals surface area contributed by atoms with Crippen molar-refractivity contribution < 1.29 is 4.39 Å². The van der Waals surface area contributed by atoms with Crippen LogP contribution < -0.4 is 0 Å². The number of imidazole rings is 1.